The first kappa shape index (κ1) is 18.0. The Morgan fingerprint density at radius 1 is 1.28 bits per heavy atom. The highest BCUT2D eigenvalue weighted by Gasteiger charge is 2.21. The number of hydrogen-bond acceptors (Lipinski definition) is 4. The molecule has 6 heteroatoms. The fraction of sp³-hybridized carbons (Fsp3) is 0.263. The number of halogens is 1. The summed E-state index contributed by atoms with van der Waals surface area (Å²) in [6.45, 7) is 2.83. The maximum absolute atomic E-state index is 13.2. The second-order valence-corrected chi connectivity index (χ2v) is 8.01. The summed E-state index contributed by atoms with van der Waals surface area (Å²) in [4.78, 5) is 20.9. The maximum Gasteiger partial charge on any atom is 0.197 e. The number of thiophene rings is 1. The zero-order chi connectivity index (χ0) is 18.0. The number of hydrogen-bond donors (Lipinski definition) is 0. The number of carbonyl (C=O) groups excluding carboxylic acids is 1. The largest absolute Gasteiger partial charge is 0.302 e. The van der Waals surface area contributed by atoms with E-state index in [2.05, 4.69) is 32.7 Å². The fourth-order valence-corrected chi connectivity index (χ4v) is 4.22. The number of imidazole rings is 1. The summed E-state index contributed by atoms with van der Waals surface area (Å²) in [7, 11) is 4.02. The topological polar surface area (TPSA) is 38.1 Å². The van der Waals surface area contributed by atoms with Gasteiger partial charge in [-0.2, -0.15) is 0 Å². The van der Waals surface area contributed by atoms with Gasteiger partial charge < -0.3 is 4.90 Å². The van der Waals surface area contributed by atoms with Gasteiger partial charge in [-0.3, -0.25) is 9.36 Å². The fourth-order valence-electron chi connectivity index (χ4n) is 2.66. The molecule has 0 fully saturated rings. The van der Waals surface area contributed by atoms with Crippen molar-refractivity contribution in [3.63, 3.8) is 0 Å². The summed E-state index contributed by atoms with van der Waals surface area (Å²) in [5.41, 5.74) is 1.41. The second-order valence-electron chi connectivity index (χ2n) is 6.05. The van der Waals surface area contributed by atoms with Crippen LogP contribution in [-0.2, 0) is 13.0 Å². The van der Waals surface area contributed by atoms with Gasteiger partial charge in [-0.15, -0.1) is 11.3 Å². The molecule has 0 aliphatic carbocycles. The molecule has 0 aliphatic rings. The maximum atomic E-state index is 13.2. The molecule has 0 radical (unpaired) electrons. The summed E-state index contributed by atoms with van der Waals surface area (Å²) < 4.78 is 2.85. The Morgan fingerprint density at radius 2 is 2.04 bits per heavy atom. The minimum atomic E-state index is 0.0305. The molecule has 2 heterocycles. The first-order valence-corrected chi connectivity index (χ1v) is 9.71. The van der Waals surface area contributed by atoms with Crippen LogP contribution in [0, 0.1) is 0 Å². The molecule has 0 atom stereocenters. The molecule has 0 saturated heterocycles. The van der Waals surface area contributed by atoms with Crippen LogP contribution in [-0.4, -0.2) is 34.3 Å². The molecule has 0 aliphatic heterocycles. The lowest BCUT2D eigenvalue weighted by Gasteiger charge is -2.12. The highest BCUT2D eigenvalue weighted by Crippen LogP contribution is 2.31. The Morgan fingerprint density at radius 3 is 2.72 bits per heavy atom. The van der Waals surface area contributed by atoms with Crippen LogP contribution in [0.5, 0.6) is 0 Å². The third kappa shape index (κ3) is 3.76. The molecular formula is C19H20BrN3OS. The third-order valence-electron chi connectivity index (χ3n) is 3.87. The number of ketones is 1. The molecule has 130 valence electrons. The lowest BCUT2D eigenvalue weighted by Crippen LogP contribution is -2.15. The van der Waals surface area contributed by atoms with Crippen molar-refractivity contribution in [3.05, 3.63) is 69.0 Å². The van der Waals surface area contributed by atoms with E-state index in [9.17, 15) is 4.79 Å². The van der Waals surface area contributed by atoms with E-state index in [0.717, 1.165) is 33.8 Å². The van der Waals surface area contributed by atoms with Gasteiger partial charge in [0.05, 0.1) is 12.1 Å². The Labute approximate surface area is 160 Å². The molecule has 0 spiro atoms. The Bertz CT molecular complexity index is 898. The van der Waals surface area contributed by atoms with E-state index in [4.69, 9.17) is 0 Å². The standard InChI is InChI=1S/C19H20BrN3OS/c1-4-13-11-15(18(24)14-7-5-6-8-16(14)20)19(25-13)23-10-9-21-17(23)12-22(2)3/h5-11H,4,12H2,1-3H3. The van der Waals surface area contributed by atoms with Gasteiger partial charge in [0.15, 0.2) is 5.78 Å². The van der Waals surface area contributed by atoms with E-state index in [1.807, 2.05) is 55.2 Å². The smallest absolute Gasteiger partial charge is 0.197 e. The molecule has 3 aromatic rings. The summed E-state index contributed by atoms with van der Waals surface area (Å²) in [5.74, 6) is 0.957. The minimum Gasteiger partial charge on any atom is -0.302 e. The molecule has 0 saturated carbocycles. The van der Waals surface area contributed by atoms with Gasteiger partial charge in [0.25, 0.3) is 0 Å². The van der Waals surface area contributed by atoms with Crippen molar-refractivity contribution >= 4 is 33.0 Å². The van der Waals surface area contributed by atoms with Crippen LogP contribution in [0.3, 0.4) is 0 Å². The number of aryl methyl sites for hydroxylation is 1. The van der Waals surface area contributed by atoms with Gasteiger partial charge in [0.1, 0.15) is 10.8 Å². The first-order valence-electron chi connectivity index (χ1n) is 8.10. The molecule has 0 amide bonds. The predicted octanol–water partition coefficient (Wildman–Crippen LogP) is 4.55. The number of rotatable bonds is 6. The van der Waals surface area contributed by atoms with Crippen LogP contribution in [0.15, 0.2) is 47.2 Å². The van der Waals surface area contributed by atoms with Crippen molar-refractivity contribution < 1.29 is 4.79 Å². The van der Waals surface area contributed by atoms with Gasteiger partial charge in [-0.25, -0.2) is 4.98 Å². The van der Waals surface area contributed by atoms with Crippen molar-refractivity contribution in [1.29, 1.82) is 0 Å². The Hall–Kier alpha value is -1.76. The highest BCUT2D eigenvalue weighted by molar-refractivity contribution is 9.10. The van der Waals surface area contributed by atoms with Gasteiger partial charge in [0.2, 0.25) is 0 Å². The second kappa shape index (κ2) is 7.64. The molecule has 1 aromatic carbocycles. The average molecular weight is 418 g/mol. The van der Waals surface area contributed by atoms with E-state index in [1.165, 1.54) is 4.88 Å². The van der Waals surface area contributed by atoms with Crippen molar-refractivity contribution in [3.8, 4) is 5.00 Å². The van der Waals surface area contributed by atoms with Crippen molar-refractivity contribution in [2.75, 3.05) is 14.1 Å². The van der Waals surface area contributed by atoms with Crippen LogP contribution < -0.4 is 0 Å². The van der Waals surface area contributed by atoms with E-state index in [-0.39, 0.29) is 5.78 Å². The zero-order valence-corrected chi connectivity index (χ0v) is 16.9. The quantitative estimate of drug-likeness (QED) is 0.552. The molecular weight excluding hydrogens is 398 g/mol. The van der Waals surface area contributed by atoms with Gasteiger partial charge >= 0.3 is 0 Å². The third-order valence-corrected chi connectivity index (χ3v) is 5.84. The summed E-state index contributed by atoms with van der Waals surface area (Å²) in [6.07, 6.45) is 4.62. The average Bonchev–Trinajstić information content (AvgIpc) is 3.20. The predicted molar refractivity (Wildman–Crippen MR) is 106 cm³/mol. The van der Waals surface area contributed by atoms with Crippen LogP contribution >= 0.6 is 27.3 Å². The van der Waals surface area contributed by atoms with Crippen LogP contribution in [0.4, 0.5) is 0 Å². The van der Waals surface area contributed by atoms with Crippen molar-refractivity contribution in [2.45, 2.75) is 19.9 Å². The van der Waals surface area contributed by atoms with E-state index < -0.39 is 0 Å². The summed E-state index contributed by atoms with van der Waals surface area (Å²) >= 11 is 5.15. The highest BCUT2D eigenvalue weighted by atomic mass is 79.9. The van der Waals surface area contributed by atoms with Gasteiger partial charge in [-0.1, -0.05) is 35.0 Å². The normalized spacial score (nSPS) is 11.2. The van der Waals surface area contributed by atoms with Crippen LogP contribution in [0.2, 0.25) is 0 Å². The van der Waals surface area contributed by atoms with Crippen molar-refractivity contribution in [2.24, 2.45) is 0 Å². The number of aromatic nitrogens is 2. The molecule has 0 N–H and O–H groups in total. The molecule has 3 rings (SSSR count). The first-order chi connectivity index (χ1) is 12.0. The summed E-state index contributed by atoms with van der Waals surface area (Å²) in [6, 6.07) is 9.57. The number of nitrogens with zero attached hydrogens (tertiary/aromatic N) is 3. The SMILES string of the molecule is CCc1cc(C(=O)c2ccccc2Br)c(-n2ccnc2CN(C)C)s1. The lowest BCUT2D eigenvalue weighted by atomic mass is 10.0. The Kier molecular flexibility index (Phi) is 5.51. The van der Waals surface area contributed by atoms with Crippen molar-refractivity contribution in [1.82, 2.24) is 14.5 Å². The number of carbonyl (C=O) groups is 1. The Balaban J connectivity index is 2.10. The molecule has 0 bridgehead atoms. The minimum absolute atomic E-state index is 0.0305. The summed E-state index contributed by atoms with van der Waals surface area (Å²) in [5, 5.41) is 0.937. The molecule has 2 aromatic heterocycles. The monoisotopic (exact) mass is 417 g/mol. The number of benzene rings is 1. The molecule has 25 heavy (non-hydrogen) atoms. The van der Waals surface area contributed by atoms with Gasteiger partial charge in [-0.05, 0) is 38.7 Å². The van der Waals surface area contributed by atoms with Gasteiger partial charge in [0, 0.05) is 27.3 Å². The zero-order valence-electron chi connectivity index (χ0n) is 14.5. The van der Waals surface area contributed by atoms with E-state index in [0.29, 0.717) is 5.56 Å². The van der Waals surface area contributed by atoms with Crippen LogP contribution in [0.1, 0.15) is 33.5 Å². The van der Waals surface area contributed by atoms with E-state index >= 15 is 0 Å². The van der Waals surface area contributed by atoms with Crippen LogP contribution in [0.25, 0.3) is 5.00 Å². The molecule has 0 unspecified atom stereocenters. The lowest BCUT2D eigenvalue weighted by molar-refractivity contribution is 0.103. The molecule has 4 nitrogen and oxygen atoms in total. The van der Waals surface area contributed by atoms with E-state index in [1.54, 1.807) is 17.5 Å².